The third-order valence-electron chi connectivity index (χ3n) is 3.76. The highest BCUT2D eigenvalue weighted by Gasteiger charge is 2.12. The van der Waals surface area contributed by atoms with Crippen molar-refractivity contribution in [2.24, 2.45) is 0 Å². The van der Waals surface area contributed by atoms with Crippen molar-refractivity contribution in [2.45, 2.75) is 13.1 Å². The largest absolute Gasteiger partial charge is 0.347 e. The van der Waals surface area contributed by atoms with E-state index in [0.717, 1.165) is 11.1 Å². The van der Waals surface area contributed by atoms with Gasteiger partial charge in [-0.05, 0) is 41.5 Å². The van der Waals surface area contributed by atoms with Crippen molar-refractivity contribution in [1.82, 2.24) is 20.6 Å². The maximum absolute atomic E-state index is 12.3. The third kappa shape index (κ3) is 5.36. The van der Waals surface area contributed by atoms with E-state index in [0.29, 0.717) is 18.1 Å². The molecule has 0 saturated heterocycles. The van der Waals surface area contributed by atoms with Gasteiger partial charge in [-0.1, -0.05) is 35.9 Å². The molecular formula is C20H17ClN4O2. The molecule has 0 spiro atoms. The van der Waals surface area contributed by atoms with Crippen LogP contribution in [-0.4, -0.2) is 21.8 Å². The standard InChI is InChI=1S/C20H17ClN4O2/c21-16-8-6-14(7-9-16)12-23-19(26)17-4-1-5-18(25-17)20(27)24-13-15-3-2-10-22-11-15/h1-11H,12-13H2,(H,23,26)(H,24,27). The molecule has 0 fully saturated rings. The first-order valence-electron chi connectivity index (χ1n) is 8.28. The summed E-state index contributed by atoms with van der Waals surface area (Å²) in [5.41, 5.74) is 2.15. The maximum Gasteiger partial charge on any atom is 0.270 e. The lowest BCUT2D eigenvalue weighted by Gasteiger charge is -2.07. The molecule has 136 valence electrons. The van der Waals surface area contributed by atoms with Crippen LogP contribution in [0.1, 0.15) is 32.1 Å². The smallest absolute Gasteiger partial charge is 0.270 e. The quantitative estimate of drug-likeness (QED) is 0.688. The highest BCUT2D eigenvalue weighted by Crippen LogP contribution is 2.09. The lowest BCUT2D eigenvalue weighted by atomic mass is 10.2. The zero-order chi connectivity index (χ0) is 19.1. The molecule has 2 N–H and O–H groups in total. The van der Waals surface area contributed by atoms with Gasteiger partial charge in [-0.3, -0.25) is 14.6 Å². The SMILES string of the molecule is O=C(NCc1ccc(Cl)cc1)c1cccc(C(=O)NCc2cccnc2)n1. The number of halogens is 1. The fourth-order valence-corrected chi connectivity index (χ4v) is 2.46. The molecule has 1 aromatic carbocycles. The molecule has 27 heavy (non-hydrogen) atoms. The fraction of sp³-hybridized carbons (Fsp3) is 0.100. The first-order valence-corrected chi connectivity index (χ1v) is 8.66. The van der Waals surface area contributed by atoms with Crippen molar-refractivity contribution in [3.05, 3.63) is 94.5 Å². The number of aromatic nitrogens is 2. The summed E-state index contributed by atoms with van der Waals surface area (Å²) in [6.07, 6.45) is 3.34. The van der Waals surface area contributed by atoms with E-state index < -0.39 is 0 Å². The summed E-state index contributed by atoms with van der Waals surface area (Å²) >= 11 is 5.84. The van der Waals surface area contributed by atoms with Crippen molar-refractivity contribution < 1.29 is 9.59 Å². The highest BCUT2D eigenvalue weighted by atomic mass is 35.5. The van der Waals surface area contributed by atoms with Crippen molar-refractivity contribution in [1.29, 1.82) is 0 Å². The molecule has 0 bridgehead atoms. The summed E-state index contributed by atoms with van der Waals surface area (Å²) in [6, 6.07) is 15.6. The first kappa shape index (κ1) is 18.5. The monoisotopic (exact) mass is 380 g/mol. The fourth-order valence-electron chi connectivity index (χ4n) is 2.34. The molecular weight excluding hydrogens is 364 g/mol. The lowest BCUT2D eigenvalue weighted by Crippen LogP contribution is -2.27. The Balaban J connectivity index is 1.59. The molecule has 0 radical (unpaired) electrons. The summed E-state index contributed by atoms with van der Waals surface area (Å²) in [4.78, 5) is 32.7. The summed E-state index contributed by atoms with van der Waals surface area (Å²) in [6.45, 7) is 0.677. The number of pyridine rings is 2. The molecule has 0 saturated carbocycles. The van der Waals surface area contributed by atoms with E-state index in [2.05, 4.69) is 20.6 Å². The van der Waals surface area contributed by atoms with Gasteiger partial charge < -0.3 is 10.6 Å². The molecule has 0 unspecified atom stereocenters. The zero-order valence-corrected chi connectivity index (χ0v) is 15.1. The maximum atomic E-state index is 12.3. The molecule has 0 aliphatic rings. The van der Waals surface area contributed by atoms with Gasteiger partial charge in [-0.15, -0.1) is 0 Å². The van der Waals surface area contributed by atoms with Crippen LogP contribution in [0.25, 0.3) is 0 Å². The number of hydrogen-bond acceptors (Lipinski definition) is 4. The van der Waals surface area contributed by atoms with E-state index in [1.165, 1.54) is 0 Å². The van der Waals surface area contributed by atoms with Crippen LogP contribution in [0.3, 0.4) is 0 Å². The van der Waals surface area contributed by atoms with Crippen molar-refractivity contribution in [3.8, 4) is 0 Å². The molecule has 0 aliphatic carbocycles. The van der Waals surface area contributed by atoms with Crippen LogP contribution < -0.4 is 10.6 Å². The molecule has 2 heterocycles. The normalized spacial score (nSPS) is 10.3. The number of benzene rings is 1. The van der Waals surface area contributed by atoms with Gasteiger partial charge in [-0.2, -0.15) is 0 Å². The summed E-state index contributed by atoms with van der Waals surface area (Å²) in [5, 5.41) is 6.17. The third-order valence-corrected chi connectivity index (χ3v) is 4.01. The van der Waals surface area contributed by atoms with Crippen LogP contribution in [-0.2, 0) is 13.1 Å². The van der Waals surface area contributed by atoms with Crippen LogP contribution >= 0.6 is 11.6 Å². The minimum atomic E-state index is -0.355. The van der Waals surface area contributed by atoms with E-state index in [4.69, 9.17) is 11.6 Å². The summed E-state index contributed by atoms with van der Waals surface area (Å²) in [7, 11) is 0. The number of rotatable bonds is 6. The van der Waals surface area contributed by atoms with Crippen molar-refractivity contribution in [3.63, 3.8) is 0 Å². The lowest BCUT2D eigenvalue weighted by molar-refractivity contribution is 0.0941. The topological polar surface area (TPSA) is 84.0 Å². The van der Waals surface area contributed by atoms with Gasteiger partial charge in [-0.25, -0.2) is 4.98 Å². The minimum absolute atomic E-state index is 0.179. The second-order valence-corrected chi connectivity index (χ2v) is 6.20. The number of hydrogen-bond donors (Lipinski definition) is 2. The van der Waals surface area contributed by atoms with Crippen LogP contribution in [0.5, 0.6) is 0 Å². The highest BCUT2D eigenvalue weighted by molar-refractivity contribution is 6.30. The molecule has 0 aliphatic heterocycles. The van der Waals surface area contributed by atoms with Gasteiger partial charge in [0.1, 0.15) is 11.4 Å². The average Bonchev–Trinajstić information content (AvgIpc) is 2.72. The summed E-state index contributed by atoms with van der Waals surface area (Å²) in [5.74, 6) is -0.710. The number of carbonyl (C=O) groups excluding carboxylic acids is 2. The van der Waals surface area contributed by atoms with Crippen LogP contribution in [0.15, 0.2) is 67.0 Å². The minimum Gasteiger partial charge on any atom is -0.347 e. The van der Waals surface area contributed by atoms with E-state index in [1.807, 2.05) is 18.2 Å². The molecule has 3 aromatic rings. The molecule has 2 amide bonds. The Morgan fingerprint density at radius 1 is 0.815 bits per heavy atom. The summed E-state index contributed by atoms with van der Waals surface area (Å²) < 4.78 is 0. The molecule has 7 heteroatoms. The molecule has 2 aromatic heterocycles. The van der Waals surface area contributed by atoms with Gasteiger partial charge in [0, 0.05) is 30.5 Å². The Hall–Kier alpha value is -3.25. The molecule has 0 atom stereocenters. The predicted molar refractivity (Wildman–Crippen MR) is 102 cm³/mol. The zero-order valence-electron chi connectivity index (χ0n) is 14.4. The Bertz CT molecular complexity index is 930. The Kier molecular flexibility index (Phi) is 6.12. The number of nitrogens with one attached hydrogen (secondary N) is 2. The number of amides is 2. The van der Waals surface area contributed by atoms with E-state index in [-0.39, 0.29) is 23.2 Å². The van der Waals surface area contributed by atoms with Crippen LogP contribution in [0.2, 0.25) is 5.02 Å². The second kappa shape index (κ2) is 8.91. The van der Waals surface area contributed by atoms with Gasteiger partial charge in [0.25, 0.3) is 11.8 Å². The van der Waals surface area contributed by atoms with Gasteiger partial charge in [0.15, 0.2) is 0 Å². The van der Waals surface area contributed by atoms with Crippen molar-refractivity contribution >= 4 is 23.4 Å². The Labute approximate surface area is 161 Å². The van der Waals surface area contributed by atoms with Gasteiger partial charge >= 0.3 is 0 Å². The van der Waals surface area contributed by atoms with Crippen molar-refractivity contribution in [2.75, 3.05) is 0 Å². The van der Waals surface area contributed by atoms with E-state index >= 15 is 0 Å². The van der Waals surface area contributed by atoms with Gasteiger partial charge in [0.2, 0.25) is 0 Å². The number of nitrogens with zero attached hydrogens (tertiary/aromatic N) is 2. The first-order chi connectivity index (χ1) is 13.1. The van der Waals surface area contributed by atoms with Crippen LogP contribution in [0.4, 0.5) is 0 Å². The Morgan fingerprint density at radius 3 is 2.04 bits per heavy atom. The average molecular weight is 381 g/mol. The van der Waals surface area contributed by atoms with Gasteiger partial charge in [0.05, 0.1) is 0 Å². The van der Waals surface area contributed by atoms with E-state index in [1.54, 1.807) is 48.8 Å². The Morgan fingerprint density at radius 2 is 1.44 bits per heavy atom. The molecule has 6 nitrogen and oxygen atoms in total. The second-order valence-electron chi connectivity index (χ2n) is 5.76. The molecule has 3 rings (SSSR count). The van der Waals surface area contributed by atoms with E-state index in [9.17, 15) is 9.59 Å². The van der Waals surface area contributed by atoms with Crippen LogP contribution in [0, 0.1) is 0 Å². The predicted octanol–water partition coefficient (Wildman–Crippen LogP) is 2.99. The number of carbonyl (C=O) groups is 2.